The van der Waals surface area contributed by atoms with Crippen LogP contribution in [-0.4, -0.2) is 38.3 Å². The van der Waals surface area contributed by atoms with E-state index in [1.54, 1.807) is 33.7 Å². The summed E-state index contributed by atoms with van der Waals surface area (Å²) >= 11 is 0. The SMILES string of the molecule is COc1cc(/C=C\c2cccc(N=CCC(=O)c3c[nH]c4ccccc34)c2)cc(OC)c1OC. The largest absolute Gasteiger partial charge is 0.493 e. The summed E-state index contributed by atoms with van der Waals surface area (Å²) in [6.45, 7) is 0. The number of methoxy groups -OCH3 is 3. The number of hydrogen-bond donors (Lipinski definition) is 1. The minimum absolute atomic E-state index is 0.0275. The molecule has 6 heteroatoms. The maximum Gasteiger partial charge on any atom is 0.203 e. The number of ketones is 1. The monoisotopic (exact) mass is 454 g/mol. The Hall–Kier alpha value is -4.32. The molecule has 0 atom stereocenters. The summed E-state index contributed by atoms with van der Waals surface area (Å²) in [6, 6.07) is 19.3. The third-order valence-electron chi connectivity index (χ3n) is 5.43. The Balaban J connectivity index is 1.46. The number of aromatic amines is 1. The fourth-order valence-electron chi connectivity index (χ4n) is 3.74. The second-order valence-corrected chi connectivity index (χ2v) is 7.57. The summed E-state index contributed by atoms with van der Waals surface area (Å²) in [4.78, 5) is 20.3. The topological polar surface area (TPSA) is 72.9 Å². The predicted octanol–water partition coefficient (Wildman–Crippen LogP) is 6.34. The third kappa shape index (κ3) is 5.02. The molecule has 0 saturated carbocycles. The van der Waals surface area contributed by atoms with Crippen molar-refractivity contribution in [3.63, 3.8) is 0 Å². The molecule has 0 aliphatic carbocycles. The van der Waals surface area contributed by atoms with Crippen molar-refractivity contribution >= 4 is 40.7 Å². The second-order valence-electron chi connectivity index (χ2n) is 7.57. The van der Waals surface area contributed by atoms with E-state index in [0.29, 0.717) is 22.8 Å². The van der Waals surface area contributed by atoms with Crippen LogP contribution in [0.3, 0.4) is 0 Å². The van der Waals surface area contributed by atoms with Crippen molar-refractivity contribution < 1.29 is 19.0 Å². The summed E-state index contributed by atoms with van der Waals surface area (Å²) in [5.74, 6) is 1.78. The normalized spacial score (nSPS) is 11.4. The van der Waals surface area contributed by atoms with Crippen molar-refractivity contribution in [1.82, 2.24) is 4.98 Å². The Bertz CT molecular complexity index is 1340. The minimum Gasteiger partial charge on any atom is -0.493 e. The second kappa shape index (κ2) is 10.5. The fraction of sp³-hybridized carbons (Fsp3) is 0.143. The zero-order chi connectivity index (χ0) is 23.9. The van der Waals surface area contributed by atoms with Gasteiger partial charge in [0.05, 0.1) is 27.0 Å². The lowest BCUT2D eigenvalue weighted by Gasteiger charge is -2.12. The predicted molar refractivity (Wildman–Crippen MR) is 137 cm³/mol. The Morgan fingerprint density at radius 1 is 0.882 bits per heavy atom. The van der Waals surface area contributed by atoms with Gasteiger partial charge in [0.25, 0.3) is 0 Å². The van der Waals surface area contributed by atoms with Gasteiger partial charge in [-0.3, -0.25) is 9.79 Å². The smallest absolute Gasteiger partial charge is 0.203 e. The Kier molecular flexibility index (Phi) is 7.08. The lowest BCUT2D eigenvalue weighted by molar-refractivity contribution is 0.100. The first kappa shape index (κ1) is 22.9. The molecule has 0 aliphatic rings. The maximum absolute atomic E-state index is 12.6. The number of ether oxygens (including phenoxy) is 3. The highest BCUT2D eigenvalue weighted by Gasteiger charge is 2.12. The van der Waals surface area contributed by atoms with E-state index in [9.17, 15) is 4.79 Å². The molecular formula is C28H26N2O4. The summed E-state index contributed by atoms with van der Waals surface area (Å²) < 4.78 is 16.2. The van der Waals surface area contributed by atoms with Gasteiger partial charge in [0, 0.05) is 35.3 Å². The van der Waals surface area contributed by atoms with E-state index in [4.69, 9.17) is 14.2 Å². The highest BCUT2D eigenvalue weighted by atomic mass is 16.5. The molecule has 0 bridgehead atoms. The maximum atomic E-state index is 12.6. The lowest BCUT2D eigenvalue weighted by Crippen LogP contribution is -1.98. The number of carbonyl (C=O) groups is 1. The molecule has 0 fully saturated rings. The van der Waals surface area contributed by atoms with Crippen molar-refractivity contribution in [2.45, 2.75) is 6.42 Å². The Morgan fingerprint density at radius 2 is 1.62 bits per heavy atom. The lowest BCUT2D eigenvalue weighted by atomic mass is 10.1. The van der Waals surface area contributed by atoms with Crippen molar-refractivity contribution in [1.29, 1.82) is 0 Å². The van der Waals surface area contributed by atoms with Crippen LogP contribution in [0, 0.1) is 0 Å². The summed E-state index contributed by atoms with van der Waals surface area (Å²) in [7, 11) is 4.76. The van der Waals surface area contributed by atoms with Gasteiger partial charge in [-0.25, -0.2) is 0 Å². The number of nitrogens with zero attached hydrogens (tertiary/aromatic N) is 1. The van der Waals surface area contributed by atoms with Gasteiger partial charge in [-0.05, 0) is 41.5 Å². The summed E-state index contributed by atoms with van der Waals surface area (Å²) in [5.41, 5.74) is 4.30. The molecule has 172 valence electrons. The quantitative estimate of drug-likeness (QED) is 0.182. The number of carbonyl (C=O) groups excluding carboxylic acids is 1. The third-order valence-corrected chi connectivity index (χ3v) is 5.43. The first-order chi connectivity index (χ1) is 16.6. The number of aromatic nitrogens is 1. The number of H-pyrrole nitrogens is 1. The van der Waals surface area contributed by atoms with Crippen molar-refractivity contribution in [3.8, 4) is 17.2 Å². The zero-order valence-electron chi connectivity index (χ0n) is 19.4. The highest BCUT2D eigenvalue weighted by Crippen LogP contribution is 2.38. The van der Waals surface area contributed by atoms with Crippen LogP contribution >= 0.6 is 0 Å². The number of aliphatic imine (C=N–C) groups is 1. The van der Waals surface area contributed by atoms with Gasteiger partial charge < -0.3 is 19.2 Å². The van der Waals surface area contributed by atoms with E-state index in [1.165, 1.54) is 0 Å². The first-order valence-electron chi connectivity index (χ1n) is 10.8. The molecule has 0 spiro atoms. The molecule has 1 aromatic heterocycles. The van der Waals surface area contributed by atoms with Crippen LogP contribution < -0.4 is 14.2 Å². The number of fused-ring (bicyclic) bond motifs is 1. The van der Waals surface area contributed by atoms with Crippen molar-refractivity contribution in [2.24, 2.45) is 4.99 Å². The highest BCUT2D eigenvalue weighted by molar-refractivity contribution is 6.12. The number of hydrogen-bond acceptors (Lipinski definition) is 5. The van der Waals surface area contributed by atoms with Gasteiger partial charge in [-0.2, -0.15) is 0 Å². The molecule has 6 nitrogen and oxygen atoms in total. The van der Waals surface area contributed by atoms with E-state index in [2.05, 4.69) is 9.98 Å². The molecule has 0 radical (unpaired) electrons. The van der Waals surface area contributed by atoms with Crippen LogP contribution in [0.4, 0.5) is 5.69 Å². The van der Waals surface area contributed by atoms with Crippen molar-refractivity contribution in [2.75, 3.05) is 21.3 Å². The molecule has 1 N–H and O–H groups in total. The van der Waals surface area contributed by atoms with E-state index < -0.39 is 0 Å². The van der Waals surface area contributed by atoms with Crippen LogP contribution in [0.1, 0.15) is 27.9 Å². The first-order valence-corrected chi connectivity index (χ1v) is 10.8. The van der Waals surface area contributed by atoms with Gasteiger partial charge in [0.2, 0.25) is 5.75 Å². The molecule has 0 unspecified atom stereocenters. The van der Waals surface area contributed by atoms with Gasteiger partial charge in [-0.1, -0.05) is 42.5 Å². The zero-order valence-corrected chi connectivity index (χ0v) is 19.4. The number of nitrogens with one attached hydrogen (secondary N) is 1. The Morgan fingerprint density at radius 3 is 2.35 bits per heavy atom. The molecule has 4 rings (SSSR count). The van der Waals surface area contributed by atoms with Crippen LogP contribution in [0.25, 0.3) is 23.1 Å². The van der Waals surface area contributed by atoms with E-state index in [-0.39, 0.29) is 12.2 Å². The van der Waals surface area contributed by atoms with Crippen molar-refractivity contribution in [3.05, 3.63) is 83.6 Å². The molecule has 0 aliphatic heterocycles. The number of para-hydroxylation sites is 1. The molecule has 0 amide bonds. The number of benzene rings is 3. The van der Waals surface area contributed by atoms with Gasteiger partial charge >= 0.3 is 0 Å². The molecule has 0 saturated heterocycles. The van der Waals surface area contributed by atoms with Crippen LogP contribution in [0.15, 0.2) is 71.9 Å². The van der Waals surface area contributed by atoms with E-state index >= 15 is 0 Å². The van der Waals surface area contributed by atoms with E-state index in [0.717, 1.165) is 27.7 Å². The Labute approximate surface area is 198 Å². The molecular weight excluding hydrogens is 428 g/mol. The van der Waals surface area contributed by atoms with Crippen LogP contribution in [0.2, 0.25) is 0 Å². The summed E-state index contributed by atoms with van der Waals surface area (Å²) in [6.07, 6.45) is 7.60. The molecule has 4 aromatic rings. The average Bonchev–Trinajstić information content (AvgIpc) is 3.31. The number of rotatable bonds is 9. The molecule has 1 heterocycles. The number of Topliss-reactive ketones (excluding diaryl/α,β-unsaturated/α-hetero) is 1. The fourth-order valence-corrected chi connectivity index (χ4v) is 3.74. The molecule has 3 aromatic carbocycles. The average molecular weight is 455 g/mol. The van der Waals surface area contributed by atoms with Gasteiger partial charge in [-0.15, -0.1) is 0 Å². The van der Waals surface area contributed by atoms with E-state index in [1.807, 2.05) is 72.8 Å². The van der Waals surface area contributed by atoms with Crippen LogP contribution in [-0.2, 0) is 0 Å². The standard InChI is InChI=1S/C28H26N2O4/c1-32-26-16-20(17-27(33-2)28(26)34-3)12-11-19-7-6-8-21(15-19)29-14-13-25(31)23-18-30-24-10-5-4-9-22(23)24/h4-12,14-18,30H,13H2,1-3H3/b12-11-,29-14?. The van der Waals surface area contributed by atoms with Crippen LogP contribution in [0.5, 0.6) is 17.2 Å². The van der Waals surface area contributed by atoms with Gasteiger partial charge in [0.15, 0.2) is 17.3 Å². The van der Waals surface area contributed by atoms with Gasteiger partial charge in [0.1, 0.15) is 0 Å². The minimum atomic E-state index is 0.0275. The summed E-state index contributed by atoms with van der Waals surface area (Å²) in [5, 5.41) is 0.930. The molecule has 34 heavy (non-hydrogen) atoms.